The third kappa shape index (κ3) is 166. The fraction of sp³-hybridized carbons (Fsp3) is 0.786. The zero-order valence-corrected chi connectivity index (χ0v) is 28.4. The Hall–Kier alpha value is -3.42. The topological polar surface area (TPSA) is 380 Å². The Morgan fingerprint density at radius 2 is 0.478 bits per heavy atom. The Kier molecular flexibility index (Phi) is 58.2. The number of hydrogen-bond acceptors (Lipinski definition) is 12. The molecule has 4 unspecified atom stereocenters. The highest BCUT2D eigenvalue weighted by atomic mass is 16.4. The van der Waals surface area contributed by atoms with E-state index in [-0.39, 0.29) is 24.2 Å². The summed E-state index contributed by atoms with van der Waals surface area (Å²) in [5, 5.41) is 44.5. The van der Waals surface area contributed by atoms with E-state index in [9.17, 15) is 0 Å². The molecule has 0 spiro atoms. The van der Waals surface area contributed by atoms with E-state index in [1.165, 1.54) is 0 Å². The molecule has 18 heteroatoms. The second kappa shape index (κ2) is 46.0. The molecular formula is C28H64N6O12. The lowest BCUT2D eigenvalue weighted by Crippen LogP contribution is -2.30. The SMILES string of the molecule is CC(=O)O.CC(=O)O.CC(=O)O.CC(=O)O.CC(=O)O.CC(=O)O.NCCCC(N)CCC(N)CCC(N)CCC(N)CCCN. The summed E-state index contributed by atoms with van der Waals surface area (Å²) in [5.74, 6) is -5.00. The summed E-state index contributed by atoms with van der Waals surface area (Å²) >= 11 is 0. The molecule has 0 aliphatic heterocycles. The van der Waals surface area contributed by atoms with Gasteiger partial charge in [-0.2, -0.15) is 0 Å². The van der Waals surface area contributed by atoms with Crippen LogP contribution in [0.15, 0.2) is 0 Å². The molecular weight excluding hydrogens is 612 g/mol. The van der Waals surface area contributed by atoms with Gasteiger partial charge in [0.2, 0.25) is 0 Å². The summed E-state index contributed by atoms with van der Waals surface area (Å²) in [5.41, 5.74) is 35.3. The van der Waals surface area contributed by atoms with Crippen molar-refractivity contribution in [3.05, 3.63) is 0 Å². The van der Waals surface area contributed by atoms with Gasteiger partial charge >= 0.3 is 0 Å². The average Bonchev–Trinajstić information content (AvgIpc) is 2.85. The first-order chi connectivity index (χ1) is 20.9. The highest BCUT2D eigenvalue weighted by molar-refractivity contribution is 5.64. The van der Waals surface area contributed by atoms with Crippen molar-refractivity contribution in [1.29, 1.82) is 0 Å². The van der Waals surface area contributed by atoms with Crippen LogP contribution in [0.1, 0.15) is 106 Å². The van der Waals surface area contributed by atoms with Crippen molar-refractivity contribution >= 4 is 35.8 Å². The van der Waals surface area contributed by atoms with E-state index in [0.29, 0.717) is 13.1 Å². The average molecular weight is 677 g/mol. The normalized spacial score (nSPS) is 11.5. The first-order valence-corrected chi connectivity index (χ1v) is 14.5. The van der Waals surface area contributed by atoms with Gasteiger partial charge in [-0.1, -0.05) is 0 Å². The van der Waals surface area contributed by atoms with Gasteiger partial charge in [-0.25, -0.2) is 0 Å². The molecule has 0 bridgehead atoms. The van der Waals surface area contributed by atoms with Gasteiger partial charge in [-0.05, 0) is 77.3 Å². The minimum Gasteiger partial charge on any atom is -0.481 e. The Bertz CT molecular complexity index is 605. The molecule has 278 valence electrons. The molecule has 18 nitrogen and oxygen atoms in total. The quantitative estimate of drug-likeness (QED) is 0.113. The van der Waals surface area contributed by atoms with Gasteiger partial charge in [0, 0.05) is 65.7 Å². The van der Waals surface area contributed by atoms with Crippen molar-refractivity contribution < 1.29 is 59.4 Å². The summed E-state index contributed by atoms with van der Waals surface area (Å²) in [6.07, 6.45) is 9.76. The molecule has 46 heavy (non-hydrogen) atoms. The molecule has 0 aliphatic carbocycles. The standard InChI is InChI=1S/C16H40N6.6C2H4O2/c17-11-1-3-13(19)5-7-15(21)9-10-16(22)8-6-14(20)4-2-12-18;6*1-2(3)4/h13-16H,1-12,17-22H2;6*1H3,(H,3,4). The number of carboxylic acid groups (broad SMARTS) is 6. The van der Waals surface area contributed by atoms with Gasteiger partial charge in [0.1, 0.15) is 0 Å². The molecule has 0 aromatic carbocycles. The smallest absolute Gasteiger partial charge is 0.300 e. The van der Waals surface area contributed by atoms with E-state index >= 15 is 0 Å². The Balaban J connectivity index is -0.000000102. The third-order valence-electron chi connectivity index (χ3n) is 4.28. The van der Waals surface area contributed by atoms with Crippen LogP contribution >= 0.6 is 0 Å². The van der Waals surface area contributed by atoms with Crippen molar-refractivity contribution in [2.75, 3.05) is 13.1 Å². The van der Waals surface area contributed by atoms with Crippen molar-refractivity contribution in [1.82, 2.24) is 0 Å². The molecule has 0 fully saturated rings. The number of carbonyl (C=O) groups is 6. The van der Waals surface area contributed by atoms with E-state index in [2.05, 4.69) is 0 Å². The number of rotatable bonds is 15. The van der Waals surface area contributed by atoms with Crippen molar-refractivity contribution in [2.24, 2.45) is 34.4 Å². The maximum Gasteiger partial charge on any atom is 0.300 e. The van der Waals surface area contributed by atoms with Crippen LogP contribution in [-0.4, -0.2) is 104 Å². The molecule has 0 aromatic heterocycles. The lowest BCUT2D eigenvalue weighted by atomic mass is 9.96. The van der Waals surface area contributed by atoms with Crippen LogP contribution in [0.2, 0.25) is 0 Å². The van der Waals surface area contributed by atoms with Gasteiger partial charge in [-0.15, -0.1) is 0 Å². The zero-order valence-electron chi connectivity index (χ0n) is 28.4. The zero-order chi connectivity index (χ0) is 38.3. The second-order valence-corrected chi connectivity index (χ2v) is 9.75. The van der Waals surface area contributed by atoms with Crippen molar-refractivity contribution in [2.45, 2.75) is 130 Å². The number of carboxylic acids is 6. The van der Waals surface area contributed by atoms with Crippen LogP contribution in [0.3, 0.4) is 0 Å². The summed E-state index contributed by atoms with van der Waals surface area (Å²) in [6, 6.07) is 0.842. The maximum atomic E-state index is 9.00. The molecule has 0 aromatic rings. The molecule has 4 atom stereocenters. The largest absolute Gasteiger partial charge is 0.481 e. The van der Waals surface area contributed by atoms with Crippen LogP contribution in [0.4, 0.5) is 0 Å². The fourth-order valence-corrected chi connectivity index (χ4v) is 2.62. The molecule has 0 radical (unpaired) electrons. The van der Waals surface area contributed by atoms with Crippen molar-refractivity contribution in [3.8, 4) is 0 Å². The van der Waals surface area contributed by atoms with E-state index in [1.54, 1.807) is 0 Å². The van der Waals surface area contributed by atoms with Crippen LogP contribution in [0.5, 0.6) is 0 Å². The van der Waals surface area contributed by atoms with E-state index < -0.39 is 35.8 Å². The molecule has 0 aliphatic rings. The lowest BCUT2D eigenvalue weighted by molar-refractivity contribution is -0.135. The number of nitrogens with two attached hydrogens (primary N) is 6. The third-order valence-corrected chi connectivity index (χ3v) is 4.28. The van der Waals surface area contributed by atoms with Crippen LogP contribution in [-0.2, 0) is 28.8 Å². The monoisotopic (exact) mass is 676 g/mol. The van der Waals surface area contributed by atoms with Gasteiger partial charge in [0.15, 0.2) is 0 Å². The van der Waals surface area contributed by atoms with E-state index in [1.807, 2.05) is 0 Å². The fourth-order valence-electron chi connectivity index (χ4n) is 2.62. The molecule has 0 saturated carbocycles. The highest BCUT2D eigenvalue weighted by Crippen LogP contribution is 2.11. The van der Waals surface area contributed by atoms with E-state index in [0.717, 1.165) is 106 Å². The lowest BCUT2D eigenvalue weighted by Gasteiger charge is -2.19. The van der Waals surface area contributed by atoms with Crippen LogP contribution < -0.4 is 34.4 Å². The summed E-state index contributed by atoms with van der Waals surface area (Å²) in [6.45, 7) is 7.92. The van der Waals surface area contributed by atoms with Gasteiger partial charge in [0.25, 0.3) is 35.8 Å². The minimum atomic E-state index is -0.833. The molecule has 0 rings (SSSR count). The Morgan fingerprint density at radius 1 is 0.370 bits per heavy atom. The van der Waals surface area contributed by atoms with Gasteiger partial charge < -0.3 is 65.0 Å². The van der Waals surface area contributed by atoms with Gasteiger partial charge in [-0.3, -0.25) is 28.8 Å². The van der Waals surface area contributed by atoms with Crippen LogP contribution in [0.25, 0.3) is 0 Å². The first kappa shape index (κ1) is 58.2. The summed E-state index contributed by atoms with van der Waals surface area (Å²) < 4.78 is 0. The summed E-state index contributed by atoms with van der Waals surface area (Å²) in [7, 11) is 0. The van der Waals surface area contributed by atoms with Gasteiger partial charge in [0.05, 0.1) is 0 Å². The minimum absolute atomic E-state index is 0.195. The molecule has 0 saturated heterocycles. The Labute approximate surface area is 272 Å². The first-order valence-electron chi connectivity index (χ1n) is 14.5. The second-order valence-electron chi connectivity index (χ2n) is 9.75. The molecule has 0 heterocycles. The van der Waals surface area contributed by atoms with Crippen molar-refractivity contribution in [3.63, 3.8) is 0 Å². The maximum absolute atomic E-state index is 9.00. The predicted octanol–water partition coefficient (Wildman–Crippen LogP) is 0.659. The van der Waals surface area contributed by atoms with E-state index in [4.69, 9.17) is 93.8 Å². The molecule has 18 N–H and O–H groups in total. The Morgan fingerprint density at radius 3 is 0.587 bits per heavy atom. The highest BCUT2D eigenvalue weighted by Gasteiger charge is 2.11. The van der Waals surface area contributed by atoms with Crippen LogP contribution in [0, 0.1) is 0 Å². The predicted molar refractivity (Wildman–Crippen MR) is 176 cm³/mol. The summed E-state index contributed by atoms with van der Waals surface area (Å²) in [4.78, 5) is 54.0. The molecule has 0 amide bonds. The number of hydrogen-bond donors (Lipinski definition) is 12. The number of aliphatic carboxylic acids is 6.